The van der Waals surface area contributed by atoms with Crippen molar-refractivity contribution in [3.63, 3.8) is 0 Å². The predicted molar refractivity (Wildman–Crippen MR) is 63.3 cm³/mol. The molecule has 3 unspecified atom stereocenters. The Kier molecular flexibility index (Phi) is 7.13. The van der Waals surface area contributed by atoms with Crippen molar-refractivity contribution in [2.45, 2.75) is 33.2 Å². The molecule has 4 nitrogen and oxygen atoms in total. The van der Waals surface area contributed by atoms with Crippen LogP contribution in [0.1, 0.15) is 27.2 Å². The Balaban J connectivity index is 4.55. The van der Waals surface area contributed by atoms with E-state index in [1.165, 1.54) is 7.11 Å². The van der Waals surface area contributed by atoms with Crippen LogP contribution in [0.3, 0.4) is 0 Å². The highest BCUT2D eigenvalue weighted by atomic mass is 35.5. The molecule has 3 atom stereocenters. The van der Waals surface area contributed by atoms with Crippen LogP contribution in [0.25, 0.3) is 0 Å². The third-order valence-corrected chi connectivity index (χ3v) is 3.11. The van der Waals surface area contributed by atoms with Crippen molar-refractivity contribution < 1.29 is 14.3 Å². The minimum atomic E-state index is -0.590. The number of nitrogens with one attached hydrogen (secondary N) is 1. The molecule has 0 aliphatic rings. The summed E-state index contributed by atoms with van der Waals surface area (Å²) >= 11 is 5.58. The standard InChI is InChI=1S/C11H20ClNO3/c1-5-7(2)9(11(15)16-4)13-10(14)8(3)6-12/h7-9H,5-6H2,1-4H3,(H,13,14). The molecule has 1 amide bonds. The van der Waals surface area contributed by atoms with Gasteiger partial charge in [0.15, 0.2) is 0 Å². The third-order valence-electron chi connectivity index (χ3n) is 2.64. The van der Waals surface area contributed by atoms with E-state index in [1.54, 1.807) is 6.92 Å². The van der Waals surface area contributed by atoms with Gasteiger partial charge in [-0.25, -0.2) is 4.79 Å². The zero-order valence-electron chi connectivity index (χ0n) is 10.2. The second-order valence-electron chi connectivity index (χ2n) is 3.95. The molecule has 0 aliphatic carbocycles. The molecular weight excluding hydrogens is 230 g/mol. The molecule has 0 heterocycles. The van der Waals surface area contributed by atoms with Gasteiger partial charge in [0.25, 0.3) is 0 Å². The number of hydrogen-bond acceptors (Lipinski definition) is 3. The zero-order valence-corrected chi connectivity index (χ0v) is 11.0. The molecule has 0 spiro atoms. The first-order chi connectivity index (χ1) is 7.47. The number of esters is 1. The molecule has 1 N–H and O–H groups in total. The van der Waals surface area contributed by atoms with Gasteiger partial charge >= 0.3 is 5.97 Å². The molecule has 0 rings (SSSR count). The SMILES string of the molecule is CCC(C)C(NC(=O)C(C)CCl)C(=O)OC. The maximum atomic E-state index is 11.6. The fourth-order valence-electron chi connectivity index (χ4n) is 1.16. The van der Waals surface area contributed by atoms with Gasteiger partial charge < -0.3 is 10.1 Å². The van der Waals surface area contributed by atoms with Crippen molar-refractivity contribution in [2.75, 3.05) is 13.0 Å². The Morgan fingerprint density at radius 2 is 1.94 bits per heavy atom. The number of hydrogen-bond donors (Lipinski definition) is 1. The van der Waals surface area contributed by atoms with Crippen LogP contribution in [0.4, 0.5) is 0 Å². The molecule has 0 fully saturated rings. The molecule has 0 bridgehead atoms. The fourth-order valence-corrected chi connectivity index (χ4v) is 1.30. The van der Waals surface area contributed by atoms with Gasteiger partial charge in [0.1, 0.15) is 6.04 Å². The van der Waals surface area contributed by atoms with Crippen molar-refractivity contribution in [2.24, 2.45) is 11.8 Å². The Labute approximate surface area is 102 Å². The van der Waals surface area contributed by atoms with Crippen LogP contribution >= 0.6 is 11.6 Å². The van der Waals surface area contributed by atoms with E-state index in [9.17, 15) is 9.59 Å². The van der Waals surface area contributed by atoms with Gasteiger partial charge in [-0.3, -0.25) is 4.79 Å². The van der Waals surface area contributed by atoms with E-state index in [-0.39, 0.29) is 23.6 Å². The average molecular weight is 250 g/mol. The van der Waals surface area contributed by atoms with E-state index in [0.29, 0.717) is 0 Å². The second-order valence-corrected chi connectivity index (χ2v) is 4.26. The molecule has 0 saturated heterocycles. The maximum Gasteiger partial charge on any atom is 0.328 e. The van der Waals surface area contributed by atoms with Crippen LogP contribution in [0.15, 0.2) is 0 Å². The van der Waals surface area contributed by atoms with Gasteiger partial charge in [-0.2, -0.15) is 0 Å². The monoisotopic (exact) mass is 249 g/mol. The van der Waals surface area contributed by atoms with Gasteiger partial charge in [0.05, 0.1) is 7.11 Å². The van der Waals surface area contributed by atoms with E-state index in [0.717, 1.165) is 6.42 Å². The number of rotatable bonds is 6. The van der Waals surface area contributed by atoms with Gasteiger partial charge in [0, 0.05) is 11.8 Å². The first-order valence-electron chi connectivity index (χ1n) is 5.42. The van der Waals surface area contributed by atoms with Crippen LogP contribution in [0, 0.1) is 11.8 Å². The summed E-state index contributed by atoms with van der Waals surface area (Å²) in [5.74, 6) is -0.660. The van der Waals surface area contributed by atoms with Crippen molar-refractivity contribution in [3.05, 3.63) is 0 Å². The topological polar surface area (TPSA) is 55.4 Å². The Morgan fingerprint density at radius 1 is 1.38 bits per heavy atom. The quantitative estimate of drug-likeness (QED) is 0.574. The minimum Gasteiger partial charge on any atom is -0.467 e. The molecular formula is C11H20ClNO3. The number of carbonyl (C=O) groups excluding carboxylic acids is 2. The molecule has 0 aliphatic heterocycles. The number of amides is 1. The van der Waals surface area contributed by atoms with E-state index < -0.39 is 12.0 Å². The largest absolute Gasteiger partial charge is 0.467 e. The summed E-state index contributed by atoms with van der Waals surface area (Å²) in [5, 5.41) is 2.67. The van der Waals surface area contributed by atoms with Crippen molar-refractivity contribution in [1.29, 1.82) is 0 Å². The Morgan fingerprint density at radius 3 is 2.31 bits per heavy atom. The van der Waals surface area contributed by atoms with E-state index >= 15 is 0 Å². The van der Waals surface area contributed by atoms with Crippen LogP contribution in [-0.4, -0.2) is 30.9 Å². The summed E-state index contributed by atoms with van der Waals surface area (Å²) in [5.41, 5.74) is 0. The van der Waals surface area contributed by atoms with E-state index in [2.05, 4.69) is 10.1 Å². The van der Waals surface area contributed by atoms with E-state index in [4.69, 9.17) is 11.6 Å². The fraction of sp³-hybridized carbons (Fsp3) is 0.818. The molecule has 16 heavy (non-hydrogen) atoms. The second kappa shape index (κ2) is 7.49. The molecule has 0 aromatic carbocycles. The number of ether oxygens (including phenoxy) is 1. The highest BCUT2D eigenvalue weighted by molar-refractivity contribution is 6.19. The molecule has 5 heteroatoms. The Bertz CT molecular complexity index is 245. The number of alkyl halides is 1. The lowest BCUT2D eigenvalue weighted by molar-refractivity contribution is -0.147. The highest BCUT2D eigenvalue weighted by Crippen LogP contribution is 2.10. The first kappa shape index (κ1) is 15.2. The number of halogens is 1. The van der Waals surface area contributed by atoms with Gasteiger partial charge in [-0.1, -0.05) is 27.2 Å². The lowest BCUT2D eigenvalue weighted by atomic mass is 9.98. The molecule has 0 radical (unpaired) electrons. The minimum absolute atomic E-state index is 0.0407. The summed E-state index contributed by atoms with van der Waals surface area (Å²) in [7, 11) is 1.31. The van der Waals surface area contributed by atoms with Crippen molar-refractivity contribution >= 4 is 23.5 Å². The lowest BCUT2D eigenvalue weighted by Gasteiger charge is -2.23. The predicted octanol–water partition coefficient (Wildman–Crippen LogP) is 1.57. The van der Waals surface area contributed by atoms with Gasteiger partial charge in [-0.15, -0.1) is 11.6 Å². The molecule has 0 saturated carbocycles. The summed E-state index contributed by atoms with van der Waals surface area (Å²) < 4.78 is 4.66. The third kappa shape index (κ3) is 4.39. The molecule has 94 valence electrons. The normalized spacial score (nSPS) is 16.1. The number of methoxy groups -OCH3 is 1. The summed E-state index contributed by atoms with van der Waals surface area (Å²) in [6, 6.07) is -0.590. The highest BCUT2D eigenvalue weighted by Gasteiger charge is 2.27. The van der Waals surface area contributed by atoms with E-state index in [1.807, 2.05) is 13.8 Å². The van der Waals surface area contributed by atoms with Crippen LogP contribution < -0.4 is 5.32 Å². The van der Waals surface area contributed by atoms with Gasteiger partial charge in [0.2, 0.25) is 5.91 Å². The lowest BCUT2D eigenvalue weighted by Crippen LogP contribution is -2.47. The molecule has 0 aromatic heterocycles. The van der Waals surface area contributed by atoms with Crippen molar-refractivity contribution in [1.82, 2.24) is 5.32 Å². The summed E-state index contributed by atoms with van der Waals surface area (Å²) in [6.45, 7) is 5.57. The summed E-state index contributed by atoms with van der Waals surface area (Å²) in [4.78, 5) is 23.1. The van der Waals surface area contributed by atoms with Crippen LogP contribution in [-0.2, 0) is 14.3 Å². The summed E-state index contributed by atoms with van der Waals surface area (Å²) in [6.07, 6.45) is 0.787. The molecule has 0 aromatic rings. The Hall–Kier alpha value is -0.770. The smallest absolute Gasteiger partial charge is 0.328 e. The maximum absolute atomic E-state index is 11.6. The average Bonchev–Trinajstić information content (AvgIpc) is 2.32. The van der Waals surface area contributed by atoms with Crippen molar-refractivity contribution in [3.8, 4) is 0 Å². The first-order valence-corrected chi connectivity index (χ1v) is 5.95. The number of carbonyl (C=O) groups is 2. The zero-order chi connectivity index (χ0) is 12.7. The van der Waals surface area contributed by atoms with Crippen LogP contribution in [0.5, 0.6) is 0 Å². The van der Waals surface area contributed by atoms with Crippen LogP contribution in [0.2, 0.25) is 0 Å². The van der Waals surface area contributed by atoms with Gasteiger partial charge in [-0.05, 0) is 5.92 Å².